The van der Waals surface area contributed by atoms with Gasteiger partial charge in [-0.1, -0.05) is 0 Å². The minimum atomic E-state index is -0.908. The molecule has 0 aromatic rings. The molecule has 10 heavy (non-hydrogen) atoms. The highest BCUT2D eigenvalue weighted by molar-refractivity contribution is 6.61. The second kappa shape index (κ2) is 3.01. The van der Waals surface area contributed by atoms with Crippen LogP contribution >= 0.6 is 11.6 Å². The quantitative estimate of drug-likeness (QED) is 0.589. The normalized spacial score (nSPS) is 16.5. The second-order valence-corrected chi connectivity index (χ2v) is 2.58. The Labute approximate surface area is 63.3 Å². The molecule has 0 aromatic heterocycles. The van der Waals surface area contributed by atoms with Crippen LogP contribution in [0, 0.1) is 5.92 Å². The molecule has 0 amide bonds. The van der Waals surface area contributed by atoms with Crippen LogP contribution in [-0.4, -0.2) is 17.8 Å². The summed E-state index contributed by atoms with van der Waals surface area (Å²) in [5.74, 6) is 0.116. The first-order valence-electron chi connectivity index (χ1n) is 3.05. The zero-order valence-electron chi connectivity index (χ0n) is 5.30. The van der Waals surface area contributed by atoms with Gasteiger partial charge >= 0.3 is 5.43 Å². The molecule has 0 heterocycles. The van der Waals surface area contributed by atoms with Crippen molar-refractivity contribution in [2.24, 2.45) is 5.92 Å². The fourth-order valence-corrected chi connectivity index (χ4v) is 0.706. The molecule has 0 radical (unpaired) electrons. The summed E-state index contributed by atoms with van der Waals surface area (Å²) in [7, 11) is 0. The maximum Gasteiger partial charge on any atom is 0.404 e. The lowest BCUT2D eigenvalue weighted by Gasteiger charge is -1.95. The van der Waals surface area contributed by atoms with E-state index in [4.69, 9.17) is 11.6 Å². The van der Waals surface area contributed by atoms with E-state index in [1.807, 2.05) is 0 Å². The Morgan fingerprint density at radius 2 is 2.10 bits per heavy atom. The van der Waals surface area contributed by atoms with E-state index in [2.05, 4.69) is 4.74 Å². The molecule has 1 rings (SSSR count). The van der Waals surface area contributed by atoms with Crippen molar-refractivity contribution < 1.29 is 14.3 Å². The van der Waals surface area contributed by atoms with Crippen LogP contribution in [0.25, 0.3) is 0 Å². The zero-order chi connectivity index (χ0) is 7.56. The average Bonchev–Trinajstić information content (AvgIpc) is 2.63. The van der Waals surface area contributed by atoms with Crippen LogP contribution in [0.3, 0.4) is 0 Å². The molecule has 0 aromatic carbocycles. The first-order valence-corrected chi connectivity index (χ1v) is 3.43. The SMILES string of the molecule is O=C(Cl)OCC(=O)C1CC1. The van der Waals surface area contributed by atoms with Gasteiger partial charge in [0.05, 0.1) is 0 Å². The Bertz CT molecular complexity index is 162. The predicted molar refractivity (Wildman–Crippen MR) is 34.9 cm³/mol. The zero-order valence-corrected chi connectivity index (χ0v) is 6.06. The molecule has 1 fully saturated rings. The highest BCUT2D eigenvalue weighted by atomic mass is 35.5. The third-order valence-corrected chi connectivity index (χ3v) is 1.47. The lowest BCUT2D eigenvalue weighted by atomic mass is 10.3. The van der Waals surface area contributed by atoms with Crippen LogP contribution in [-0.2, 0) is 9.53 Å². The van der Waals surface area contributed by atoms with Crippen molar-refractivity contribution in [1.29, 1.82) is 0 Å². The monoisotopic (exact) mass is 162 g/mol. The van der Waals surface area contributed by atoms with Crippen molar-refractivity contribution in [3.63, 3.8) is 0 Å². The molecule has 0 aliphatic heterocycles. The molecule has 1 aliphatic rings. The summed E-state index contributed by atoms with van der Waals surface area (Å²) < 4.78 is 4.28. The number of ether oxygens (including phenoxy) is 1. The fraction of sp³-hybridized carbons (Fsp3) is 0.667. The van der Waals surface area contributed by atoms with E-state index in [1.54, 1.807) is 0 Å². The summed E-state index contributed by atoms with van der Waals surface area (Å²) in [6.45, 7) is -0.160. The molecular formula is C6H7ClO3. The van der Waals surface area contributed by atoms with Crippen LogP contribution in [0.1, 0.15) is 12.8 Å². The molecule has 0 atom stereocenters. The lowest BCUT2D eigenvalue weighted by Crippen LogP contribution is -2.11. The van der Waals surface area contributed by atoms with Gasteiger partial charge in [0.1, 0.15) is 0 Å². The van der Waals surface area contributed by atoms with Crippen LogP contribution in [0.2, 0.25) is 0 Å². The topological polar surface area (TPSA) is 43.4 Å². The number of rotatable bonds is 3. The van der Waals surface area contributed by atoms with Crippen molar-refractivity contribution in [2.45, 2.75) is 12.8 Å². The van der Waals surface area contributed by atoms with Gasteiger partial charge in [0.2, 0.25) is 0 Å². The van der Waals surface area contributed by atoms with Crippen molar-refractivity contribution in [1.82, 2.24) is 0 Å². The smallest absolute Gasteiger partial charge is 0.404 e. The Kier molecular flexibility index (Phi) is 2.27. The molecule has 56 valence electrons. The Balaban J connectivity index is 2.12. The minimum absolute atomic E-state index is 0.0194. The Morgan fingerprint density at radius 1 is 1.50 bits per heavy atom. The summed E-state index contributed by atoms with van der Waals surface area (Å²) >= 11 is 4.83. The van der Waals surface area contributed by atoms with E-state index < -0.39 is 5.43 Å². The van der Waals surface area contributed by atoms with Crippen LogP contribution in [0.5, 0.6) is 0 Å². The van der Waals surface area contributed by atoms with Crippen LogP contribution in [0.15, 0.2) is 0 Å². The third kappa shape index (κ3) is 2.35. The summed E-state index contributed by atoms with van der Waals surface area (Å²) in [4.78, 5) is 20.8. The standard InChI is InChI=1S/C6H7ClO3/c7-6(9)10-3-5(8)4-1-2-4/h4H,1-3H2. The van der Waals surface area contributed by atoms with Crippen LogP contribution in [0.4, 0.5) is 4.79 Å². The molecule has 0 saturated heterocycles. The maximum absolute atomic E-state index is 10.8. The van der Waals surface area contributed by atoms with E-state index in [1.165, 1.54) is 0 Å². The minimum Gasteiger partial charge on any atom is -0.446 e. The van der Waals surface area contributed by atoms with Gasteiger partial charge in [-0.3, -0.25) is 4.79 Å². The predicted octanol–water partition coefficient (Wildman–Crippen LogP) is 1.34. The van der Waals surface area contributed by atoms with E-state index in [0.717, 1.165) is 12.8 Å². The van der Waals surface area contributed by atoms with E-state index in [0.29, 0.717) is 0 Å². The molecule has 1 aliphatic carbocycles. The van der Waals surface area contributed by atoms with Crippen LogP contribution < -0.4 is 0 Å². The van der Waals surface area contributed by atoms with Gasteiger partial charge in [0.15, 0.2) is 12.4 Å². The number of ketones is 1. The second-order valence-electron chi connectivity index (χ2n) is 2.27. The van der Waals surface area contributed by atoms with Gasteiger partial charge in [0.25, 0.3) is 0 Å². The average molecular weight is 163 g/mol. The van der Waals surface area contributed by atoms with Crippen molar-refractivity contribution >= 4 is 22.8 Å². The van der Waals surface area contributed by atoms with E-state index in [9.17, 15) is 9.59 Å². The Morgan fingerprint density at radius 3 is 2.50 bits per heavy atom. The van der Waals surface area contributed by atoms with E-state index >= 15 is 0 Å². The highest BCUT2D eigenvalue weighted by Crippen LogP contribution is 2.29. The molecule has 3 nitrogen and oxygen atoms in total. The number of halogens is 1. The molecule has 0 spiro atoms. The molecule has 0 bridgehead atoms. The number of hydrogen-bond donors (Lipinski definition) is 0. The summed E-state index contributed by atoms with van der Waals surface area (Å²) in [5, 5.41) is 0. The van der Waals surface area contributed by atoms with Crippen molar-refractivity contribution in [2.75, 3.05) is 6.61 Å². The molecule has 4 heteroatoms. The summed E-state index contributed by atoms with van der Waals surface area (Å²) in [6, 6.07) is 0. The highest BCUT2D eigenvalue weighted by Gasteiger charge is 2.29. The van der Waals surface area contributed by atoms with Crippen molar-refractivity contribution in [3.05, 3.63) is 0 Å². The van der Waals surface area contributed by atoms with Gasteiger partial charge in [-0.15, -0.1) is 0 Å². The summed E-state index contributed by atoms with van der Waals surface area (Å²) in [5.41, 5.74) is -0.908. The third-order valence-electron chi connectivity index (χ3n) is 1.36. The molecule has 0 unspecified atom stereocenters. The molecule has 1 saturated carbocycles. The fourth-order valence-electron chi connectivity index (χ4n) is 0.651. The lowest BCUT2D eigenvalue weighted by molar-refractivity contribution is -0.122. The molecule has 0 N–H and O–H groups in total. The Hall–Kier alpha value is -0.570. The van der Waals surface area contributed by atoms with Gasteiger partial charge in [-0.05, 0) is 12.8 Å². The van der Waals surface area contributed by atoms with Gasteiger partial charge < -0.3 is 4.74 Å². The first kappa shape index (κ1) is 7.54. The number of carbonyl (C=O) groups excluding carboxylic acids is 2. The van der Waals surface area contributed by atoms with Gasteiger partial charge in [0, 0.05) is 17.5 Å². The first-order chi connectivity index (χ1) is 4.70. The largest absolute Gasteiger partial charge is 0.446 e. The van der Waals surface area contributed by atoms with Crippen molar-refractivity contribution in [3.8, 4) is 0 Å². The number of hydrogen-bond acceptors (Lipinski definition) is 3. The van der Waals surface area contributed by atoms with Gasteiger partial charge in [-0.25, -0.2) is 4.79 Å². The maximum atomic E-state index is 10.8. The number of Topliss-reactive ketones (excluding diaryl/α,β-unsaturated/α-hetero) is 1. The van der Waals surface area contributed by atoms with Gasteiger partial charge in [-0.2, -0.15) is 0 Å². The summed E-state index contributed by atoms with van der Waals surface area (Å²) in [6.07, 6.45) is 1.86. The van der Waals surface area contributed by atoms with E-state index in [-0.39, 0.29) is 18.3 Å². The molecular weight excluding hydrogens is 156 g/mol. The number of carbonyl (C=O) groups is 2.